The number of aliphatic carboxylic acids is 1. The lowest BCUT2D eigenvalue weighted by molar-refractivity contribution is -0.131. The highest BCUT2D eigenvalue weighted by molar-refractivity contribution is 9.12. The Kier molecular flexibility index (Phi) is 2.59. The van der Waals surface area contributed by atoms with Crippen molar-refractivity contribution in [1.29, 1.82) is 0 Å². The highest BCUT2D eigenvalue weighted by Gasteiger charge is 1.98. The van der Waals surface area contributed by atoms with Crippen LogP contribution in [0.15, 0.2) is 10.8 Å². The Morgan fingerprint density at radius 2 is 2.29 bits per heavy atom. The summed E-state index contributed by atoms with van der Waals surface area (Å²) >= 11 is 2.43. The third-order valence-electron chi connectivity index (χ3n) is 0.300. The molecule has 0 bridgehead atoms. The first-order valence-corrected chi connectivity index (χ1v) is 2.17. The van der Waals surface area contributed by atoms with Gasteiger partial charge in [-0.15, -0.1) is 0 Å². The molecule has 0 unspecified atom stereocenters. The van der Waals surface area contributed by atoms with Gasteiger partial charge in [-0.1, -0.05) is 0 Å². The van der Waals surface area contributed by atoms with E-state index in [1.54, 1.807) is 0 Å². The third-order valence-corrected chi connectivity index (χ3v) is 0.812. The molecule has 0 saturated heterocycles. The SMILES string of the molecule is O=C(O)C(Br)=CF. The summed E-state index contributed by atoms with van der Waals surface area (Å²) in [5.41, 5.74) is 0. The maximum absolute atomic E-state index is 11.0. The van der Waals surface area contributed by atoms with Gasteiger partial charge in [0.15, 0.2) is 0 Å². The van der Waals surface area contributed by atoms with Crippen molar-refractivity contribution >= 4 is 21.9 Å². The zero-order valence-corrected chi connectivity index (χ0v) is 4.77. The summed E-state index contributed by atoms with van der Waals surface area (Å²) in [4.78, 5) is 9.58. The van der Waals surface area contributed by atoms with Crippen molar-refractivity contribution in [2.24, 2.45) is 0 Å². The van der Waals surface area contributed by atoms with E-state index in [9.17, 15) is 9.18 Å². The van der Waals surface area contributed by atoms with Gasteiger partial charge < -0.3 is 5.11 Å². The van der Waals surface area contributed by atoms with E-state index < -0.39 is 10.5 Å². The van der Waals surface area contributed by atoms with E-state index in [0.29, 0.717) is 0 Å². The van der Waals surface area contributed by atoms with Gasteiger partial charge in [-0.3, -0.25) is 0 Å². The topological polar surface area (TPSA) is 37.3 Å². The summed E-state index contributed by atoms with van der Waals surface area (Å²) in [6.45, 7) is 0. The van der Waals surface area contributed by atoms with E-state index in [1.165, 1.54) is 0 Å². The van der Waals surface area contributed by atoms with Crippen molar-refractivity contribution in [3.05, 3.63) is 10.8 Å². The number of carboxylic acids is 1. The van der Waals surface area contributed by atoms with Crippen LogP contribution in [-0.2, 0) is 4.79 Å². The average Bonchev–Trinajstić information content (AvgIpc) is 1.65. The molecule has 4 heteroatoms. The Morgan fingerprint density at radius 1 is 1.86 bits per heavy atom. The molecule has 7 heavy (non-hydrogen) atoms. The molecule has 0 saturated carbocycles. The van der Waals surface area contributed by atoms with E-state index in [-0.39, 0.29) is 6.33 Å². The largest absolute Gasteiger partial charge is 0.477 e. The molecule has 0 aliphatic heterocycles. The molecule has 0 aliphatic carbocycles. The van der Waals surface area contributed by atoms with Crippen LogP contribution >= 0.6 is 15.9 Å². The molecule has 40 valence electrons. The quantitative estimate of drug-likeness (QED) is 0.600. The van der Waals surface area contributed by atoms with Gasteiger partial charge in [-0.25, -0.2) is 9.18 Å². The van der Waals surface area contributed by atoms with E-state index in [2.05, 4.69) is 15.9 Å². The van der Waals surface area contributed by atoms with Crippen LogP contribution in [0.4, 0.5) is 4.39 Å². The summed E-state index contributed by atoms with van der Waals surface area (Å²) in [7, 11) is 0. The monoisotopic (exact) mass is 168 g/mol. The lowest BCUT2D eigenvalue weighted by Gasteiger charge is -1.79. The van der Waals surface area contributed by atoms with E-state index in [0.717, 1.165) is 0 Å². The second-order valence-corrected chi connectivity index (χ2v) is 1.62. The molecule has 0 spiro atoms. The summed E-state index contributed by atoms with van der Waals surface area (Å²) < 4.78 is 10.6. The van der Waals surface area contributed by atoms with E-state index in [4.69, 9.17) is 5.11 Å². The van der Waals surface area contributed by atoms with Gasteiger partial charge in [0.1, 0.15) is 10.8 Å². The average molecular weight is 169 g/mol. The van der Waals surface area contributed by atoms with Crippen molar-refractivity contribution in [1.82, 2.24) is 0 Å². The molecule has 0 fully saturated rings. The normalized spacial score (nSPS) is 11.4. The van der Waals surface area contributed by atoms with Crippen LogP contribution in [0.3, 0.4) is 0 Å². The fourth-order valence-electron chi connectivity index (χ4n) is 0.0467. The summed E-state index contributed by atoms with van der Waals surface area (Å²) in [6, 6.07) is 0. The van der Waals surface area contributed by atoms with Gasteiger partial charge in [0, 0.05) is 0 Å². The zero-order valence-electron chi connectivity index (χ0n) is 3.19. The molecule has 0 heterocycles. The Bertz CT molecular complexity index is 110. The van der Waals surface area contributed by atoms with Gasteiger partial charge in [-0.2, -0.15) is 0 Å². The molecule has 0 radical (unpaired) electrons. The third kappa shape index (κ3) is 2.33. The molecule has 0 aromatic rings. The van der Waals surface area contributed by atoms with Crippen LogP contribution in [0.1, 0.15) is 0 Å². The Morgan fingerprint density at radius 3 is 2.29 bits per heavy atom. The molecule has 0 amide bonds. The minimum Gasteiger partial charge on any atom is -0.477 e. The minimum atomic E-state index is -1.30. The van der Waals surface area contributed by atoms with Crippen molar-refractivity contribution in [3.63, 3.8) is 0 Å². The summed E-state index contributed by atoms with van der Waals surface area (Å²) in [6.07, 6.45) is -0.0255. The van der Waals surface area contributed by atoms with Crippen molar-refractivity contribution in [3.8, 4) is 0 Å². The Hall–Kier alpha value is -0.380. The highest BCUT2D eigenvalue weighted by Crippen LogP contribution is 2.02. The van der Waals surface area contributed by atoms with Gasteiger partial charge in [0.2, 0.25) is 0 Å². The second-order valence-electron chi connectivity index (χ2n) is 0.762. The molecular formula is C3H2BrFO2. The summed E-state index contributed by atoms with van der Waals surface area (Å²) in [5, 5.41) is 7.83. The van der Waals surface area contributed by atoms with Crippen LogP contribution < -0.4 is 0 Å². The molecule has 1 N–H and O–H groups in total. The maximum atomic E-state index is 11.0. The predicted molar refractivity (Wildman–Crippen MR) is 25.8 cm³/mol. The zero-order chi connectivity index (χ0) is 5.86. The molecule has 2 nitrogen and oxygen atoms in total. The van der Waals surface area contributed by atoms with Crippen molar-refractivity contribution < 1.29 is 14.3 Å². The van der Waals surface area contributed by atoms with Crippen LogP contribution in [0.25, 0.3) is 0 Å². The highest BCUT2D eigenvalue weighted by atomic mass is 79.9. The molecule has 0 aromatic carbocycles. The van der Waals surface area contributed by atoms with E-state index in [1.807, 2.05) is 0 Å². The lowest BCUT2D eigenvalue weighted by atomic mass is 10.7. The van der Waals surface area contributed by atoms with Gasteiger partial charge >= 0.3 is 5.97 Å². The second kappa shape index (κ2) is 2.74. The lowest BCUT2D eigenvalue weighted by Crippen LogP contribution is -1.90. The number of hydrogen-bond donors (Lipinski definition) is 1. The first kappa shape index (κ1) is 6.62. The van der Waals surface area contributed by atoms with Gasteiger partial charge in [0.25, 0.3) is 0 Å². The van der Waals surface area contributed by atoms with Crippen molar-refractivity contribution in [2.45, 2.75) is 0 Å². The minimum absolute atomic E-state index is 0.0255. The van der Waals surface area contributed by atoms with Gasteiger partial charge in [-0.05, 0) is 15.9 Å². The number of carbonyl (C=O) groups is 1. The standard InChI is InChI=1S/C3H2BrFO2/c4-2(1-5)3(6)7/h1H,(H,6,7). The molecule has 0 rings (SSSR count). The van der Waals surface area contributed by atoms with Gasteiger partial charge in [0.05, 0.1) is 0 Å². The summed E-state index contributed by atoms with van der Waals surface area (Å²) in [5.74, 6) is -1.30. The fourth-order valence-corrected chi connectivity index (χ4v) is 0.0467. The Labute approximate surface area is 47.8 Å². The first-order chi connectivity index (χ1) is 3.18. The number of rotatable bonds is 1. The molecule has 0 aromatic heterocycles. The van der Waals surface area contributed by atoms with Crippen LogP contribution in [0.5, 0.6) is 0 Å². The van der Waals surface area contributed by atoms with Crippen molar-refractivity contribution in [2.75, 3.05) is 0 Å². The number of halogens is 2. The fraction of sp³-hybridized carbons (Fsp3) is 0. The predicted octanol–water partition coefficient (Wildman–Crippen LogP) is 1.28. The molecule has 0 aliphatic rings. The smallest absolute Gasteiger partial charge is 0.345 e. The van der Waals surface area contributed by atoms with Crippen LogP contribution in [0, 0.1) is 0 Å². The van der Waals surface area contributed by atoms with E-state index >= 15 is 0 Å². The van der Waals surface area contributed by atoms with Crippen LogP contribution in [-0.4, -0.2) is 11.1 Å². The maximum Gasteiger partial charge on any atom is 0.345 e. The molecular weight excluding hydrogens is 167 g/mol. The number of carboxylic acid groups (broad SMARTS) is 1. The van der Waals surface area contributed by atoms with Crippen LogP contribution in [0.2, 0.25) is 0 Å². The molecule has 0 atom stereocenters. The first-order valence-electron chi connectivity index (χ1n) is 1.37. The Balaban J connectivity index is 3.82. The number of hydrogen-bond acceptors (Lipinski definition) is 1.